The summed E-state index contributed by atoms with van der Waals surface area (Å²) >= 11 is 6.71. The van der Waals surface area contributed by atoms with Crippen molar-refractivity contribution in [3.8, 4) is 0 Å². The van der Waals surface area contributed by atoms with Crippen LogP contribution in [0.5, 0.6) is 0 Å². The summed E-state index contributed by atoms with van der Waals surface area (Å²) in [5, 5.41) is 33.3. The molecule has 6 atom stereocenters. The Bertz CT molecular complexity index is 1190. The molecular formula is C28H27ClO7. The van der Waals surface area contributed by atoms with Gasteiger partial charge in [-0.25, -0.2) is 0 Å². The normalized spacial score (nSPS) is 28.9. The van der Waals surface area contributed by atoms with Gasteiger partial charge in [-0.1, -0.05) is 91.0 Å². The minimum atomic E-state index is -2.94. The molecule has 1 fully saturated rings. The Hall–Kier alpha value is -2.91. The molecule has 1 saturated heterocycles. The van der Waals surface area contributed by atoms with Crippen LogP contribution in [0.1, 0.15) is 26.3 Å². The maximum absolute atomic E-state index is 13.8. The molecule has 3 aromatic rings. The average molecular weight is 511 g/mol. The zero-order valence-corrected chi connectivity index (χ0v) is 20.3. The summed E-state index contributed by atoms with van der Waals surface area (Å²) in [6.07, 6.45) is -4.43. The van der Waals surface area contributed by atoms with Gasteiger partial charge in [0.05, 0.1) is 6.10 Å². The van der Waals surface area contributed by atoms with Crippen LogP contribution in [0.25, 0.3) is 0 Å². The Morgan fingerprint density at radius 3 is 1.78 bits per heavy atom. The number of carbonyl (C=O) groups is 2. The third kappa shape index (κ3) is 4.39. The molecule has 0 saturated carbocycles. The Kier molecular flexibility index (Phi) is 7.70. The summed E-state index contributed by atoms with van der Waals surface area (Å²) in [5.74, 6) is -2.01. The Labute approximate surface area is 213 Å². The minimum absolute atomic E-state index is 0.0112. The molecule has 4 rings (SSSR count). The van der Waals surface area contributed by atoms with E-state index in [9.17, 15) is 24.9 Å². The zero-order chi connectivity index (χ0) is 25.9. The van der Waals surface area contributed by atoms with Crippen molar-refractivity contribution in [2.45, 2.75) is 41.5 Å². The number of Topliss-reactive ketones (excluding diaryl/α,β-unsaturated/α-hetero) is 2. The number of aliphatic hydroxyl groups is 3. The number of carbonyl (C=O) groups excluding carboxylic acids is 2. The van der Waals surface area contributed by atoms with E-state index in [1.54, 1.807) is 60.7 Å². The van der Waals surface area contributed by atoms with Crippen molar-refractivity contribution in [1.82, 2.24) is 0 Å². The zero-order valence-electron chi connectivity index (χ0n) is 19.5. The highest BCUT2D eigenvalue weighted by Gasteiger charge is 2.72. The second kappa shape index (κ2) is 10.6. The van der Waals surface area contributed by atoms with Crippen LogP contribution in [0.2, 0.25) is 0 Å². The maximum atomic E-state index is 13.8. The van der Waals surface area contributed by atoms with Gasteiger partial charge in [0.15, 0.2) is 17.7 Å². The first-order valence-electron chi connectivity index (χ1n) is 11.4. The quantitative estimate of drug-likeness (QED) is 0.315. The Morgan fingerprint density at radius 2 is 1.31 bits per heavy atom. The van der Waals surface area contributed by atoms with E-state index in [2.05, 4.69) is 0 Å². The number of benzene rings is 3. The molecule has 8 heteroatoms. The molecule has 36 heavy (non-hydrogen) atoms. The molecule has 1 heterocycles. The van der Waals surface area contributed by atoms with Gasteiger partial charge in [0.1, 0.15) is 11.5 Å². The second-order valence-electron chi connectivity index (χ2n) is 8.75. The van der Waals surface area contributed by atoms with Crippen LogP contribution in [0.15, 0.2) is 91.0 Å². The molecule has 0 aliphatic carbocycles. The third-order valence-electron chi connectivity index (χ3n) is 6.54. The fourth-order valence-corrected chi connectivity index (χ4v) is 5.11. The van der Waals surface area contributed by atoms with Crippen molar-refractivity contribution in [3.63, 3.8) is 0 Å². The number of ketones is 2. The van der Waals surface area contributed by atoms with E-state index in [0.717, 1.165) is 12.7 Å². The number of hydrogen-bond acceptors (Lipinski definition) is 7. The van der Waals surface area contributed by atoms with E-state index >= 15 is 0 Å². The molecule has 0 radical (unpaired) electrons. The molecule has 0 amide bonds. The molecule has 0 spiro atoms. The van der Waals surface area contributed by atoms with Gasteiger partial charge in [0.2, 0.25) is 11.4 Å². The van der Waals surface area contributed by atoms with Gasteiger partial charge in [-0.3, -0.25) is 9.59 Å². The molecule has 1 aliphatic rings. The Morgan fingerprint density at radius 1 is 0.861 bits per heavy atom. The number of alkyl halides is 1. The van der Waals surface area contributed by atoms with Crippen molar-refractivity contribution in [2.75, 3.05) is 7.11 Å². The van der Waals surface area contributed by atoms with Crippen LogP contribution in [0, 0.1) is 0 Å². The molecule has 0 aromatic heterocycles. The second-order valence-corrected chi connectivity index (χ2v) is 9.22. The number of rotatable bonds is 8. The van der Waals surface area contributed by atoms with Crippen molar-refractivity contribution in [3.05, 3.63) is 108 Å². The predicted molar refractivity (Wildman–Crippen MR) is 133 cm³/mol. The van der Waals surface area contributed by atoms with Crippen LogP contribution < -0.4 is 0 Å². The van der Waals surface area contributed by atoms with Crippen molar-refractivity contribution in [1.29, 1.82) is 0 Å². The number of aliphatic hydroxyl groups excluding tert-OH is 1. The highest BCUT2D eigenvalue weighted by molar-refractivity contribution is 6.27. The lowest BCUT2D eigenvalue weighted by molar-refractivity contribution is -0.310. The molecule has 3 aromatic carbocycles. The van der Waals surface area contributed by atoms with E-state index in [0.29, 0.717) is 0 Å². The van der Waals surface area contributed by atoms with Crippen molar-refractivity contribution < 1.29 is 34.4 Å². The lowest BCUT2D eigenvalue weighted by Crippen LogP contribution is -2.79. The fourth-order valence-electron chi connectivity index (χ4n) is 4.62. The molecule has 3 N–H and O–H groups in total. The van der Waals surface area contributed by atoms with Gasteiger partial charge >= 0.3 is 0 Å². The summed E-state index contributed by atoms with van der Waals surface area (Å²) < 4.78 is 11.2. The first-order chi connectivity index (χ1) is 17.2. The van der Waals surface area contributed by atoms with Crippen LogP contribution in [-0.2, 0) is 15.9 Å². The van der Waals surface area contributed by atoms with E-state index in [4.69, 9.17) is 21.1 Å². The van der Waals surface area contributed by atoms with Gasteiger partial charge in [0, 0.05) is 24.7 Å². The standard InChI is InChI=1S/C28H27ClO7/c1-35-26-28(34,25(32)20-15-9-4-10-16-20)27(33,24(31)19-13-7-3-8-14-19)23(29)22(36-26)21(30)17-18-11-5-2-6-12-18/h2-16,21-23,26,30,33-34H,17H2,1H3/t21?,22-,23-,26+,27-,28+/m1/s1. The van der Waals surface area contributed by atoms with Crippen LogP contribution in [0.4, 0.5) is 0 Å². The van der Waals surface area contributed by atoms with Gasteiger partial charge in [-0.2, -0.15) is 0 Å². The van der Waals surface area contributed by atoms with Crippen LogP contribution in [0.3, 0.4) is 0 Å². The van der Waals surface area contributed by atoms with Gasteiger partial charge < -0.3 is 24.8 Å². The molecule has 188 valence electrons. The summed E-state index contributed by atoms with van der Waals surface area (Å²) in [5.41, 5.74) is -5.09. The Balaban J connectivity index is 1.83. The SMILES string of the molecule is CO[C@H]1O[C@H](C(O)Cc2ccccc2)[C@@H](Cl)[C@@](O)(C(=O)c2ccccc2)[C@]1(O)C(=O)c1ccccc1. The molecule has 0 bridgehead atoms. The largest absolute Gasteiger partial charge is 0.390 e. The van der Waals surface area contributed by atoms with Gasteiger partial charge in [0.25, 0.3) is 0 Å². The molecular weight excluding hydrogens is 484 g/mol. The van der Waals surface area contributed by atoms with Gasteiger partial charge in [-0.15, -0.1) is 11.6 Å². The molecule has 1 unspecified atom stereocenters. The third-order valence-corrected chi connectivity index (χ3v) is 7.10. The fraction of sp³-hybridized carbons (Fsp3) is 0.286. The van der Waals surface area contributed by atoms with E-state index in [1.807, 2.05) is 6.07 Å². The lowest BCUT2D eigenvalue weighted by Gasteiger charge is -2.53. The first-order valence-corrected chi connectivity index (χ1v) is 11.9. The highest BCUT2D eigenvalue weighted by atomic mass is 35.5. The van der Waals surface area contributed by atoms with Crippen molar-refractivity contribution >= 4 is 23.2 Å². The average Bonchev–Trinajstić information content (AvgIpc) is 2.92. The summed E-state index contributed by atoms with van der Waals surface area (Å²) in [7, 11) is 1.16. The summed E-state index contributed by atoms with van der Waals surface area (Å²) in [6.45, 7) is 0. The minimum Gasteiger partial charge on any atom is -0.390 e. The lowest BCUT2D eigenvalue weighted by atomic mass is 9.67. The topological polar surface area (TPSA) is 113 Å². The number of hydrogen-bond donors (Lipinski definition) is 3. The smallest absolute Gasteiger partial charge is 0.216 e. The summed E-state index contributed by atoms with van der Waals surface area (Å²) in [4.78, 5) is 27.5. The highest BCUT2D eigenvalue weighted by Crippen LogP contribution is 2.46. The maximum Gasteiger partial charge on any atom is 0.216 e. The van der Waals surface area contributed by atoms with E-state index < -0.39 is 46.6 Å². The summed E-state index contributed by atoms with van der Waals surface area (Å²) in [6, 6.07) is 24.4. The van der Waals surface area contributed by atoms with Crippen molar-refractivity contribution in [2.24, 2.45) is 0 Å². The molecule has 1 aliphatic heterocycles. The monoisotopic (exact) mass is 510 g/mol. The first kappa shape index (κ1) is 26.2. The van der Waals surface area contributed by atoms with E-state index in [1.165, 1.54) is 24.3 Å². The van der Waals surface area contributed by atoms with Crippen LogP contribution in [-0.4, -0.2) is 69.1 Å². The number of halogens is 1. The molecule has 7 nitrogen and oxygen atoms in total. The number of ether oxygens (including phenoxy) is 2. The number of methoxy groups -OCH3 is 1. The van der Waals surface area contributed by atoms with E-state index in [-0.39, 0.29) is 17.5 Å². The predicted octanol–water partition coefficient (Wildman–Crippen LogP) is 2.80. The van der Waals surface area contributed by atoms with Gasteiger partial charge in [-0.05, 0) is 5.56 Å². The van der Waals surface area contributed by atoms with Crippen LogP contribution >= 0.6 is 11.6 Å².